The first-order valence-electron chi connectivity index (χ1n) is 6.44. The molecular formula is C12H16F3N3O4. The zero-order valence-electron chi connectivity index (χ0n) is 11.8. The summed E-state index contributed by atoms with van der Waals surface area (Å²) < 4.78 is 38.7. The summed E-state index contributed by atoms with van der Waals surface area (Å²) in [5, 5.41) is 7.12. The summed E-state index contributed by atoms with van der Waals surface area (Å²) in [5.41, 5.74) is 7.54. The molecule has 0 spiro atoms. The van der Waals surface area contributed by atoms with Crippen molar-refractivity contribution in [3.8, 4) is 0 Å². The van der Waals surface area contributed by atoms with Crippen LogP contribution in [0.15, 0.2) is 6.33 Å². The van der Waals surface area contributed by atoms with Crippen LogP contribution in [0.3, 0.4) is 0 Å². The maximum atomic E-state index is 11.4. The molecular weight excluding hydrogens is 307 g/mol. The van der Waals surface area contributed by atoms with Gasteiger partial charge < -0.3 is 20.1 Å². The largest absolute Gasteiger partial charge is 0.490 e. The Morgan fingerprint density at radius 2 is 2.14 bits per heavy atom. The predicted molar refractivity (Wildman–Crippen MR) is 67.8 cm³/mol. The number of hydrogen-bond acceptors (Lipinski definition) is 5. The summed E-state index contributed by atoms with van der Waals surface area (Å²) in [4.78, 5) is 24.5. The number of fused-ring (bicyclic) bond motifs is 1. The van der Waals surface area contributed by atoms with Crippen molar-refractivity contribution >= 4 is 11.9 Å². The molecule has 1 aromatic rings. The van der Waals surface area contributed by atoms with Crippen LogP contribution in [0.5, 0.6) is 0 Å². The predicted octanol–water partition coefficient (Wildman–Crippen LogP) is 1.03. The van der Waals surface area contributed by atoms with E-state index in [0.717, 1.165) is 25.1 Å². The van der Waals surface area contributed by atoms with E-state index in [1.54, 1.807) is 13.3 Å². The monoisotopic (exact) mass is 323 g/mol. The number of carbonyl (C=O) groups excluding carboxylic acids is 1. The Labute approximate surface area is 123 Å². The number of nitrogens with two attached hydrogens (primary N) is 1. The smallest absolute Gasteiger partial charge is 0.475 e. The molecule has 124 valence electrons. The molecule has 0 amide bonds. The summed E-state index contributed by atoms with van der Waals surface area (Å²) in [6.45, 7) is 3.09. The summed E-state index contributed by atoms with van der Waals surface area (Å²) in [6.07, 6.45) is -1.29. The molecule has 0 aromatic carbocycles. The number of nitrogens with zero attached hydrogens (tertiary/aromatic N) is 2. The lowest BCUT2D eigenvalue weighted by molar-refractivity contribution is -0.192. The number of aryl methyl sites for hydroxylation is 1. The van der Waals surface area contributed by atoms with E-state index in [1.165, 1.54) is 0 Å². The first-order chi connectivity index (χ1) is 10.2. The highest BCUT2D eigenvalue weighted by Crippen LogP contribution is 2.22. The van der Waals surface area contributed by atoms with Gasteiger partial charge in [0.15, 0.2) is 0 Å². The van der Waals surface area contributed by atoms with Gasteiger partial charge >= 0.3 is 18.1 Å². The third kappa shape index (κ3) is 4.45. The van der Waals surface area contributed by atoms with Crippen LogP contribution in [0.4, 0.5) is 13.2 Å². The van der Waals surface area contributed by atoms with Crippen LogP contribution >= 0.6 is 0 Å². The molecule has 3 N–H and O–H groups in total. The first-order valence-corrected chi connectivity index (χ1v) is 6.44. The van der Waals surface area contributed by atoms with E-state index in [4.69, 9.17) is 20.4 Å². The number of hydrogen-bond donors (Lipinski definition) is 2. The Balaban J connectivity index is 0.000000295. The standard InChI is InChI=1S/C10H15N3O2.C2HF3O2/c1-2-15-10(14)8(11)9-7-4-3-5-13(7)6-12-9;3-2(4,5)1(6)7/h6,8H,2-5,11H2,1H3;(H,6,7). The van der Waals surface area contributed by atoms with Crippen molar-refractivity contribution in [1.82, 2.24) is 9.55 Å². The van der Waals surface area contributed by atoms with Gasteiger partial charge in [0.05, 0.1) is 18.6 Å². The third-order valence-electron chi connectivity index (χ3n) is 2.87. The van der Waals surface area contributed by atoms with Crippen LogP contribution in [-0.2, 0) is 27.3 Å². The van der Waals surface area contributed by atoms with Gasteiger partial charge in [0.1, 0.15) is 6.04 Å². The maximum absolute atomic E-state index is 11.4. The number of ether oxygens (including phenoxy) is 1. The van der Waals surface area contributed by atoms with E-state index >= 15 is 0 Å². The summed E-state index contributed by atoms with van der Waals surface area (Å²) in [6, 6.07) is -0.737. The molecule has 22 heavy (non-hydrogen) atoms. The van der Waals surface area contributed by atoms with Crippen molar-refractivity contribution in [2.45, 2.75) is 38.5 Å². The van der Waals surface area contributed by atoms with Crippen molar-refractivity contribution in [3.63, 3.8) is 0 Å². The molecule has 2 heterocycles. The topological polar surface area (TPSA) is 107 Å². The van der Waals surface area contributed by atoms with Gasteiger partial charge in [0, 0.05) is 12.2 Å². The third-order valence-corrected chi connectivity index (χ3v) is 2.87. The number of rotatable bonds is 3. The number of aromatic nitrogens is 2. The molecule has 1 atom stereocenters. The summed E-state index contributed by atoms with van der Waals surface area (Å²) in [5.74, 6) is -3.15. The number of aliphatic carboxylic acids is 1. The SMILES string of the molecule is CCOC(=O)C(N)c1ncn2c1CCC2.O=C(O)C(F)(F)F. The first kappa shape index (κ1) is 18.0. The van der Waals surface area contributed by atoms with Gasteiger partial charge in [-0.25, -0.2) is 14.6 Å². The molecule has 1 aliphatic heterocycles. The Morgan fingerprint density at radius 3 is 2.64 bits per heavy atom. The number of alkyl halides is 3. The average Bonchev–Trinajstić information content (AvgIpc) is 3.00. The second-order valence-electron chi connectivity index (χ2n) is 4.41. The molecule has 0 aliphatic carbocycles. The highest BCUT2D eigenvalue weighted by molar-refractivity contribution is 5.77. The second kappa shape index (κ2) is 7.25. The van der Waals surface area contributed by atoms with E-state index in [-0.39, 0.29) is 0 Å². The molecule has 0 bridgehead atoms. The molecule has 10 heteroatoms. The molecule has 0 radical (unpaired) electrons. The second-order valence-corrected chi connectivity index (χ2v) is 4.41. The Morgan fingerprint density at radius 1 is 1.55 bits per heavy atom. The number of carboxylic acid groups (broad SMARTS) is 1. The molecule has 1 aromatic heterocycles. The number of imidazole rings is 1. The van der Waals surface area contributed by atoms with Gasteiger partial charge in [0.2, 0.25) is 0 Å². The number of esters is 1. The van der Waals surface area contributed by atoms with E-state index in [2.05, 4.69) is 9.55 Å². The Kier molecular flexibility index (Phi) is 5.92. The van der Waals surface area contributed by atoms with Crippen molar-refractivity contribution in [1.29, 1.82) is 0 Å². The van der Waals surface area contributed by atoms with Crippen LogP contribution in [0, 0.1) is 0 Å². The quantitative estimate of drug-likeness (QED) is 0.804. The highest BCUT2D eigenvalue weighted by Gasteiger charge is 2.38. The minimum Gasteiger partial charge on any atom is -0.475 e. The molecule has 2 rings (SSSR count). The van der Waals surface area contributed by atoms with Crippen LogP contribution in [0.1, 0.15) is 30.8 Å². The fraction of sp³-hybridized carbons (Fsp3) is 0.583. The van der Waals surface area contributed by atoms with Gasteiger partial charge in [-0.3, -0.25) is 0 Å². The summed E-state index contributed by atoms with van der Waals surface area (Å²) in [7, 11) is 0. The lowest BCUT2D eigenvalue weighted by Gasteiger charge is -2.09. The average molecular weight is 323 g/mol. The normalized spacial score (nSPS) is 14.6. The minimum atomic E-state index is -5.08. The zero-order valence-corrected chi connectivity index (χ0v) is 11.8. The fourth-order valence-electron chi connectivity index (χ4n) is 1.91. The van der Waals surface area contributed by atoms with E-state index in [1.807, 2.05) is 0 Å². The van der Waals surface area contributed by atoms with Crippen molar-refractivity contribution < 1.29 is 32.6 Å². The van der Waals surface area contributed by atoms with E-state index in [0.29, 0.717) is 12.3 Å². The van der Waals surface area contributed by atoms with Gasteiger partial charge in [0.25, 0.3) is 0 Å². The number of carboxylic acids is 1. The van der Waals surface area contributed by atoms with Crippen LogP contribution < -0.4 is 5.73 Å². The van der Waals surface area contributed by atoms with Gasteiger partial charge in [-0.2, -0.15) is 13.2 Å². The molecule has 0 fully saturated rings. The van der Waals surface area contributed by atoms with Crippen LogP contribution in [0.25, 0.3) is 0 Å². The van der Waals surface area contributed by atoms with Gasteiger partial charge in [-0.15, -0.1) is 0 Å². The molecule has 1 aliphatic rings. The molecule has 0 saturated carbocycles. The van der Waals surface area contributed by atoms with Crippen molar-refractivity contribution in [3.05, 3.63) is 17.7 Å². The number of halogens is 3. The van der Waals surface area contributed by atoms with Gasteiger partial charge in [-0.05, 0) is 19.8 Å². The van der Waals surface area contributed by atoms with Crippen LogP contribution in [0.2, 0.25) is 0 Å². The van der Waals surface area contributed by atoms with Crippen molar-refractivity contribution in [2.24, 2.45) is 5.73 Å². The zero-order chi connectivity index (χ0) is 16.9. The van der Waals surface area contributed by atoms with Gasteiger partial charge in [-0.1, -0.05) is 0 Å². The lowest BCUT2D eigenvalue weighted by atomic mass is 10.1. The Bertz CT molecular complexity index is 542. The molecule has 7 nitrogen and oxygen atoms in total. The number of carbonyl (C=O) groups is 2. The van der Waals surface area contributed by atoms with Crippen molar-refractivity contribution in [2.75, 3.05) is 6.61 Å². The lowest BCUT2D eigenvalue weighted by Crippen LogP contribution is -2.25. The molecule has 0 saturated heterocycles. The van der Waals surface area contributed by atoms with E-state index < -0.39 is 24.2 Å². The molecule has 1 unspecified atom stereocenters. The minimum absolute atomic E-state index is 0.350. The summed E-state index contributed by atoms with van der Waals surface area (Å²) >= 11 is 0. The highest BCUT2D eigenvalue weighted by atomic mass is 19.4. The Hall–Kier alpha value is -2.10. The maximum Gasteiger partial charge on any atom is 0.490 e. The fourth-order valence-corrected chi connectivity index (χ4v) is 1.91. The van der Waals surface area contributed by atoms with E-state index in [9.17, 15) is 18.0 Å². The van der Waals surface area contributed by atoms with Crippen LogP contribution in [-0.4, -0.2) is 39.4 Å².